The fraction of sp³-hybridized carbons (Fsp3) is 0.480. The highest BCUT2D eigenvalue weighted by molar-refractivity contribution is 5.84. The van der Waals surface area contributed by atoms with Crippen molar-refractivity contribution in [2.45, 2.75) is 45.1 Å². The second kappa shape index (κ2) is 9.08. The zero-order chi connectivity index (χ0) is 21.8. The summed E-state index contributed by atoms with van der Waals surface area (Å²) in [5.41, 5.74) is 1.77. The van der Waals surface area contributed by atoms with Crippen molar-refractivity contribution in [3.8, 4) is 0 Å². The molecule has 2 aromatic rings. The number of rotatable bonds is 5. The van der Waals surface area contributed by atoms with Crippen LogP contribution < -0.4 is 5.32 Å². The van der Waals surface area contributed by atoms with E-state index in [1.165, 1.54) is 0 Å². The molecule has 2 aliphatic rings. The maximum atomic E-state index is 13.6. The molecule has 2 saturated heterocycles. The molecular formula is C25H32N4O2. The third-order valence-corrected chi connectivity index (χ3v) is 6.87. The number of carbonyl (C=O) groups excluding carboxylic acids is 2. The molecule has 0 bridgehead atoms. The molecule has 2 amide bonds. The third kappa shape index (κ3) is 4.58. The Balaban J connectivity index is 1.40. The fourth-order valence-corrected chi connectivity index (χ4v) is 4.84. The van der Waals surface area contributed by atoms with E-state index in [9.17, 15) is 9.59 Å². The van der Waals surface area contributed by atoms with Crippen LogP contribution in [-0.2, 0) is 16.0 Å². The smallest absolute Gasteiger partial charge is 0.229 e. The average molecular weight is 421 g/mol. The summed E-state index contributed by atoms with van der Waals surface area (Å²) in [4.78, 5) is 34.6. The number of piperidine rings is 1. The summed E-state index contributed by atoms with van der Waals surface area (Å²) in [5.74, 6) is 1.21. The van der Waals surface area contributed by atoms with E-state index in [2.05, 4.69) is 22.1 Å². The molecule has 1 N–H and O–H groups in total. The molecule has 6 heteroatoms. The second-order valence-electron chi connectivity index (χ2n) is 8.98. The molecule has 0 spiro atoms. The van der Waals surface area contributed by atoms with Gasteiger partial charge < -0.3 is 15.1 Å². The van der Waals surface area contributed by atoms with Crippen LogP contribution in [0.25, 0.3) is 0 Å². The number of carbonyl (C=O) groups is 2. The van der Waals surface area contributed by atoms with Gasteiger partial charge >= 0.3 is 0 Å². The van der Waals surface area contributed by atoms with Crippen LogP contribution in [0.15, 0.2) is 48.7 Å². The molecule has 1 atom stereocenters. The number of hydrogen-bond donors (Lipinski definition) is 1. The number of nitrogens with one attached hydrogen (secondary N) is 1. The van der Waals surface area contributed by atoms with Crippen LogP contribution in [0.4, 0.5) is 5.82 Å². The highest BCUT2D eigenvalue weighted by Gasteiger charge is 2.43. The van der Waals surface area contributed by atoms with E-state index >= 15 is 0 Å². The quantitative estimate of drug-likeness (QED) is 0.802. The van der Waals surface area contributed by atoms with Crippen molar-refractivity contribution >= 4 is 17.6 Å². The van der Waals surface area contributed by atoms with Crippen LogP contribution in [0.3, 0.4) is 0 Å². The van der Waals surface area contributed by atoms with Crippen molar-refractivity contribution in [3.63, 3.8) is 0 Å². The number of pyridine rings is 1. The summed E-state index contributed by atoms with van der Waals surface area (Å²) in [6.45, 7) is 4.17. The lowest BCUT2D eigenvalue weighted by Crippen LogP contribution is -2.50. The summed E-state index contributed by atoms with van der Waals surface area (Å²) in [5, 5.41) is 3.09. The normalized spacial score (nSPS) is 20.5. The van der Waals surface area contributed by atoms with Crippen molar-refractivity contribution in [2.24, 2.45) is 5.41 Å². The molecule has 0 radical (unpaired) electrons. The number of aromatic nitrogens is 1. The largest absolute Gasteiger partial charge is 0.373 e. The first-order valence-electron chi connectivity index (χ1n) is 11.3. The lowest BCUT2D eigenvalue weighted by molar-refractivity contribution is -0.148. The van der Waals surface area contributed by atoms with Gasteiger partial charge in [0.2, 0.25) is 11.8 Å². The zero-order valence-electron chi connectivity index (χ0n) is 18.5. The minimum Gasteiger partial charge on any atom is -0.373 e. The number of anilines is 1. The fourth-order valence-electron chi connectivity index (χ4n) is 4.84. The van der Waals surface area contributed by atoms with E-state index in [1.807, 2.05) is 54.4 Å². The van der Waals surface area contributed by atoms with E-state index in [0.29, 0.717) is 32.4 Å². The summed E-state index contributed by atoms with van der Waals surface area (Å²) < 4.78 is 0. The van der Waals surface area contributed by atoms with E-state index in [0.717, 1.165) is 36.3 Å². The molecule has 164 valence electrons. The number of benzene rings is 1. The molecule has 2 fully saturated rings. The lowest BCUT2D eigenvalue weighted by Gasteiger charge is -2.41. The maximum absolute atomic E-state index is 13.6. The first-order valence-corrected chi connectivity index (χ1v) is 11.3. The Morgan fingerprint density at radius 2 is 1.87 bits per heavy atom. The van der Waals surface area contributed by atoms with Crippen LogP contribution in [0.5, 0.6) is 0 Å². The first-order chi connectivity index (χ1) is 15.0. The summed E-state index contributed by atoms with van der Waals surface area (Å²) >= 11 is 0. The summed E-state index contributed by atoms with van der Waals surface area (Å²) in [7, 11) is 1.86. The molecule has 0 saturated carbocycles. The molecule has 2 aliphatic heterocycles. The van der Waals surface area contributed by atoms with Gasteiger partial charge in [-0.25, -0.2) is 4.98 Å². The van der Waals surface area contributed by atoms with Gasteiger partial charge in [0.15, 0.2) is 0 Å². The van der Waals surface area contributed by atoms with Crippen molar-refractivity contribution in [1.82, 2.24) is 14.8 Å². The van der Waals surface area contributed by atoms with Crippen LogP contribution in [0, 0.1) is 5.41 Å². The Hall–Kier alpha value is -2.89. The predicted octanol–water partition coefficient (Wildman–Crippen LogP) is 3.66. The van der Waals surface area contributed by atoms with Gasteiger partial charge in [-0.15, -0.1) is 0 Å². The number of amides is 2. The molecule has 3 heterocycles. The van der Waals surface area contributed by atoms with Gasteiger partial charge in [-0.2, -0.15) is 0 Å². The second-order valence-corrected chi connectivity index (χ2v) is 8.98. The minimum absolute atomic E-state index is 0.108. The monoisotopic (exact) mass is 420 g/mol. The third-order valence-electron chi connectivity index (χ3n) is 6.87. The number of hydrogen-bond acceptors (Lipinski definition) is 4. The molecule has 4 rings (SSSR count). The van der Waals surface area contributed by atoms with Crippen molar-refractivity contribution < 1.29 is 9.59 Å². The summed E-state index contributed by atoms with van der Waals surface area (Å²) in [6.07, 6.45) is 5.67. The van der Waals surface area contributed by atoms with Crippen molar-refractivity contribution in [2.75, 3.05) is 32.0 Å². The Kier molecular flexibility index (Phi) is 6.25. The van der Waals surface area contributed by atoms with Gasteiger partial charge in [-0.1, -0.05) is 37.3 Å². The van der Waals surface area contributed by atoms with Crippen molar-refractivity contribution in [3.05, 3.63) is 59.8 Å². The number of nitrogens with zero attached hydrogens (tertiary/aromatic N) is 3. The summed E-state index contributed by atoms with van der Waals surface area (Å²) in [6, 6.07) is 14.0. The predicted molar refractivity (Wildman–Crippen MR) is 122 cm³/mol. The zero-order valence-corrected chi connectivity index (χ0v) is 18.5. The molecule has 0 aliphatic carbocycles. The van der Waals surface area contributed by atoms with Crippen molar-refractivity contribution in [1.29, 1.82) is 0 Å². The van der Waals surface area contributed by atoms with Crippen LogP contribution in [-0.4, -0.2) is 53.3 Å². The highest BCUT2D eigenvalue weighted by atomic mass is 16.2. The highest BCUT2D eigenvalue weighted by Crippen LogP contribution is 2.40. The van der Waals surface area contributed by atoms with Crippen LogP contribution >= 0.6 is 0 Å². The van der Waals surface area contributed by atoms with Gasteiger partial charge in [0.1, 0.15) is 5.82 Å². The Morgan fingerprint density at radius 3 is 2.58 bits per heavy atom. The van der Waals surface area contributed by atoms with Gasteiger partial charge in [0.05, 0.1) is 12.5 Å². The Morgan fingerprint density at radius 1 is 1.13 bits per heavy atom. The SMILES string of the molecule is CNc1cc([C@@H]2CCCN2C(=O)C2(C)CCN(C(=O)Cc3ccccc3)CC2)ccn1. The standard InChI is InChI=1S/C25H32N4O2/c1-25(11-15-28(16-12-25)23(30)17-19-7-4-3-5-8-19)24(31)29-14-6-9-21(29)20-10-13-27-22(18-20)26-2/h3-5,7-8,10,13,18,21H,6,9,11-12,14-17H2,1-2H3,(H,26,27)/t21-/m0/s1. The average Bonchev–Trinajstić information content (AvgIpc) is 3.29. The first kappa shape index (κ1) is 21.3. The Labute approximate surface area is 184 Å². The van der Waals surface area contributed by atoms with E-state index < -0.39 is 5.41 Å². The minimum atomic E-state index is -0.412. The molecule has 31 heavy (non-hydrogen) atoms. The van der Waals surface area contributed by atoms with Crippen LogP contribution in [0.2, 0.25) is 0 Å². The molecular weight excluding hydrogens is 388 g/mol. The number of likely N-dealkylation sites (tertiary alicyclic amines) is 2. The van der Waals surface area contributed by atoms with Gasteiger partial charge in [0.25, 0.3) is 0 Å². The maximum Gasteiger partial charge on any atom is 0.229 e. The van der Waals surface area contributed by atoms with E-state index in [1.54, 1.807) is 6.20 Å². The van der Waals surface area contributed by atoms with Gasteiger partial charge in [0, 0.05) is 38.3 Å². The molecule has 6 nitrogen and oxygen atoms in total. The molecule has 1 aromatic carbocycles. The lowest BCUT2D eigenvalue weighted by atomic mass is 9.78. The van der Waals surface area contributed by atoms with Gasteiger partial charge in [-0.05, 0) is 48.9 Å². The van der Waals surface area contributed by atoms with Crippen LogP contribution in [0.1, 0.15) is 49.8 Å². The van der Waals surface area contributed by atoms with E-state index in [4.69, 9.17) is 0 Å². The van der Waals surface area contributed by atoms with Gasteiger partial charge in [-0.3, -0.25) is 9.59 Å². The topological polar surface area (TPSA) is 65.5 Å². The van der Waals surface area contributed by atoms with E-state index in [-0.39, 0.29) is 17.9 Å². The Bertz CT molecular complexity index is 922. The molecule has 0 unspecified atom stereocenters. The molecule has 1 aromatic heterocycles.